The zero-order valence-corrected chi connectivity index (χ0v) is 21.0. The van der Waals surface area contributed by atoms with Crippen LogP contribution in [0.25, 0.3) is 0 Å². The number of rotatable bonds is 7. The van der Waals surface area contributed by atoms with E-state index in [1.807, 2.05) is 25.1 Å². The number of hydrogen-bond donors (Lipinski definition) is 2. The van der Waals surface area contributed by atoms with Crippen molar-refractivity contribution < 1.29 is 22.6 Å². The van der Waals surface area contributed by atoms with Gasteiger partial charge in [0.05, 0.1) is 25.2 Å². The van der Waals surface area contributed by atoms with E-state index in [0.29, 0.717) is 32.1 Å². The van der Waals surface area contributed by atoms with E-state index < -0.39 is 12.1 Å². The fourth-order valence-corrected chi connectivity index (χ4v) is 4.18. The van der Waals surface area contributed by atoms with Gasteiger partial charge in [-0.1, -0.05) is 30.7 Å². The van der Waals surface area contributed by atoms with E-state index in [1.165, 1.54) is 0 Å². The third-order valence-electron chi connectivity index (χ3n) is 5.89. The van der Waals surface area contributed by atoms with Crippen molar-refractivity contribution in [1.82, 2.24) is 10.6 Å². The number of guanidine groups is 1. The molecule has 1 aliphatic heterocycles. The fraction of sp³-hybridized carbons (Fsp3) is 0.696. The number of alkyl halides is 3. The summed E-state index contributed by atoms with van der Waals surface area (Å²) in [5, 5.41) is 6.37. The SMILES string of the molecule is CCNC(=NCc1cccc(COC2CCOCC2)c1)NC1CCCC(C(F)(F)F)C1.I. The van der Waals surface area contributed by atoms with Crippen LogP contribution in [0.15, 0.2) is 29.3 Å². The summed E-state index contributed by atoms with van der Waals surface area (Å²) in [6.07, 6.45) is -0.382. The molecule has 32 heavy (non-hydrogen) atoms. The van der Waals surface area contributed by atoms with Crippen LogP contribution in [0.5, 0.6) is 0 Å². The zero-order chi connectivity index (χ0) is 22.1. The Morgan fingerprint density at radius 2 is 1.91 bits per heavy atom. The molecule has 2 fully saturated rings. The van der Waals surface area contributed by atoms with E-state index in [-0.39, 0.29) is 49.0 Å². The van der Waals surface area contributed by atoms with E-state index in [4.69, 9.17) is 9.47 Å². The third-order valence-corrected chi connectivity index (χ3v) is 5.89. The first-order chi connectivity index (χ1) is 14.9. The molecule has 182 valence electrons. The summed E-state index contributed by atoms with van der Waals surface area (Å²) in [5.74, 6) is -0.659. The van der Waals surface area contributed by atoms with Gasteiger partial charge >= 0.3 is 6.18 Å². The van der Waals surface area contributed by atoms with Gasteiger partial charge in [-0.3, -0.25) is 0 Å². The van der Waals surface area contributed by atoms with Crippen molar-refractivity contribution in [3.8, 4) is 0 Å². The van der Waals surface area contributed by atoms with Crippen LogP contribution in [0, 0.1) is 5.92 Å². The van der Waals surface area contributed by atoms with Gasteiger partial charge in [-0.25, -0.2) is 4.99 Å². The van der Waals surface area contributed by atoms with E-state index >= 15 is 0 Å². The molecule has 0 amide bonds. The summed E-state index contributed by atoms with van der Waals surface area (Å²) < 4.78 is 50.7. The Bertz CT molecular complexity index is 712. The lowest BCUT2D eigenvalue weighted by molar-refractivity contribution is -0.183. The van der Waals surface area contributed by atoms with Crippen LogP contribution in [0.2, 0.25) is 0 Å². The molecule has 1 saturated heterocycles. The normalized spacial score (nSPS) is 22.8. The highest BCUT2D eigenvalue weighted by Gasteiger charge is 2.42. The van der Waals surface area contributed by atoms with Gasteiger partial charge in [0.2, 0.25) is 0 Å². The van der Waals surface area contributed by atoms with Crippen LogP contribution in [-0.2, 0) is 22.6 Å². The molecular formula is C23H35F3IN3O2. The van der Waals surface area contributed by atoms with Gasteiger partial charge in [-0.15, -0.1) is 24.0 Å². The topological polar surface area (TPSA) is 54.9 Å². The van der Waals surface area contributed by atoms with Crippen molar-refractivity contribution in [1.29, 1.82) is 0 Å². The molecule has 0 aromatic heterocycles. The molecule has 0 bridgehead atoms. The minimum absolute atomic E-state index is 0. The maximum absolute atomic E-state index is 13.1. The molecule has 2 N–H and O–H groups in total. The molecule has 2 aliphatic rings. The second-order valence-electron chi connectivity index (χ2n) is 8.38. The second kappa shape index (κ2) is 13.6. The summed E-state index contributed by atoms with van der Waals surface area (Å²) >= 11 is 0. The van der Waals surface area contributed by atoms with Gasteiger partial charge in [0.1, 0.15) is 0 Å². The van der Waals surface area contributed by atoms with Crippen LogP contribution in [0.3, 0.4) is 0 Å². The predicted octanol–water partition coefficient (Wildman–Crippen LogP) is 5.18. The molecule has 1 aliphatic carbocycles. The predicted molar refractivity (Wildman–Crippen MR) is 130 cm³/mol. The molecule has 3 rings (SSSR count). The summed E-state index contributed by atoms with van der Waals surface area (Å²) in [4.78, 5) is 4.61. The average Bonchev–Trinajstić information content (AvgIpc) is 2.77. The zero-order valence-electron chi connectivity index (χ0n) is 18.6. The Kier molecular flexibility index (Phi) is 11.5. The van der Waals surface area contributed by atoms with Gasteiger partial charge in [-0.05, 0) is 50.2 Å². The maximum Gasteiger partial charge on any atom is 0.391 e. The van der Waals surface area contributed by atoms with Gasteiger partial charge in [-0.2, -0.15) is 13.2 Å². The monoisotopic (exact) mass is 569 g/mol. The van der Waals surface area contributed by atoms with Gasteiger partial charge < -0.3 is 20.1 Å². The minimum Gasteiger partial charge on any atom is -0.381 e. The second-order valence-corrected chi connectivity index (χ2v) is 8.38. The van der Waals surface area contributed by atoms with Crippen molar-refractivity contribution in [2.45, 2.75) is 76.9 Å². The Labute approximate surface area is 205 Å². The van der Waals surface area contributed by atoms with Crippen LogP contribution < -0.4 is 10.6 Å². The van der Waals surface area contributed by atoms with E-state index in [0.717, 1.165) is 43.6 Å². The number of nitrogens with zero attached hydrogens (tertiary/aromatic N) is 1. The van der Waals surface area contributed by atoms with Crippen molar-refractivity contribution in [3.63, 3.8) is 0 Å². The molecule has 2 atom stereocenters. The van der Waals surface area contributed by atoms with E-state index in [9.17, 15) is 13.2 Å². The summed E-state index contributed by atoms with van der Waals surface area (Å²) in [6.45, 7) is 5.12. The molecule has 0 radical (unpaired) electrons. The van der Waals surface area contributed by atoms with Crippen LogP contribution in [0.1, 0.15) is 56.6 Å². The molecule has 1 heterocycles. The lowest BCUT2D eigenvalue weighted by atomic mass is 9.85. The molecule has 2 unspecified atom stereocenters. The summed E-state index contributed by atoms with van der Waals surface area (Å²) in [7, 11) is 0. The highest BCUT2D eigenvalue weighted by molar-refractivity contribution is 14.0. The highest BCUT2D eigenvalue weighted by Crippen LogP contribution is 2.37. The highest BCUT2D eigenvalue weighted by atomic mass is 127. The first-order valence-corrected chi connectivity index (χ1v) is 11.3. The number of nitrogens with one attached hydrogen (secondary N) is 2. The first-order valence-electron chi connectivity index (χ1n) is 11.3. The van der Waals surface area contributed by atoms with Crippen molar-refractivity contribution >= 4 is 29.9 Å². The van der Waals surface area contributed by atoms with Crippen molar-refractivity contribution in [2.75, 3.05) is 19.8 Å². The smallest absolute Gasteiger partial charge is 0.381 e. The molecular weight excluding hydrogens is 534 g/mol. The van der Waals surface area contributed by atoms with Gasteiger partial charge in [0, 0.05) is 25.8 Å². The largest absolute Gasteiger partial charge is 0.391 e. The number of aliphatic imine (C=N–C) groups is 1. The molecule has 9 heteroatoms. The molecule has 1 saturated carbocycles. The molecule has 5 nitrogen and oxygen atoms in total. The van der Waals surface area contributed by atoms with Crippen LogP contribution in [0.4, 0.5) is 13.2 Å². The van der Waals surface area contributed by atoms with Crippen molar-refractivity contribution in [3.05, 3.63) is 35.4 Å². The first kappa shape index (κ1) is 27.2. The lowest BCUT2D eigenvalue weighted by Gasteiger charge is -2.31. The lowest BCUT2D eigenvalue weighted by Crippen LogP contribution is -2.46. The Hall–Kier alpha value is -1.07. The molecule has 1 aromatic rings. The standard InChI is InChI=1S/C23H34F3N3O2.HI/c1-2-27-22(29-20-8-4-7-19(14-20)23(24,25)26)28-15-17-5-3-6-18(13-17)16-31-21-9-11-30-12-10-21;/h3,5-6,13,19-21H,2,4,7-12,14-16H2,1H3,(H2,27,28,29);1H. The fourth-order valence-electron chi connectivity index (χ4n) is 4.18. The summed E-state index contributed by atoms with van der Waals surface area (Å²) in [6, 6.07) is 7.90. The van der Waals surface area contributed by atoms with Gasteiger partial charge in [0.25, 0.3) is 0 Å². The number of halogens is 4. The quantitative estimate of drug-likeness (QED) is 0.270. The van der Waals surface area contributed by atoms with Crippen molar-refractivity contribution in [2.24, 2.45) is 10.9 Å². The van der Waals surface area contributed by atoms with E-state index in [1.54, 1.807) is 0 Å². The summed E-state index contributed by atoms with van der Waals surface area (Å²) in [5.41, 5.74) is 2.14. The number of benzene rings is 1. The average molecular weight is 569 g/mol. The Morgan fingerprint density at radius 3 is 2.62 bits per heavy atom. The van der Waals surface area contributed by atoms with Crippen LogP contribution in [-0.4, -0.2) is 44.0 Å². The number of hydrogen-bond acceptors (Lipinski definition) is 3. The number of ether oxygens (including phenoxy) is 2. The van der Waals surface area contributed by atoms with E-state index in [2.05, 4.69) is 21.7 Å². The van der Waals surface area contributed by atoms with Crippen LogP contribution >= 0.6 is 24.0 Å². The molecule has 0 spiro atoms. The Balaban J connectivity index is 0.00000363. The minimum atomic E-state index is -4.12. The Morgan fingerprint density at radius 1 is 1.16 bits per heavy atom. The maximum atomic E-state index is 13.1. The van der Waals surface area contributed by atoms with Gasteiger partial charge in [0.15, 0.2) is 5.96 Å². The molecule has 1 aromatic carbocycles. The third kappa shape index (κ3) is 9.05.